The van der Waals surface area contributed by atoms with Crippen molar-refractivity contribution in [2.24, 2.45) is 0 Å². The molecule has 8 heavy (non-hydrogen) atoms. The third-order valence-electron chi connectivity index (χ3n) is 0.952. The molecule has 0 aromatic heterocycles. The summed E-state index contributed by atoms with van der Waals surface area (Å²) in [7, 11) is 0.917. The second kappa shape index (κ2) is 8.59. The van der Waals surface area contributed by atoms with E-state index in [-0.39, 0.29) is 5.86 Å². The summed E-state index contributed by atoms with van der Waals surface area (Å²) in [6.07, 6.45) is 5.30. The fraction of sp³-hybridized carbons (Fsp3) is 1.00. The Morgan fingerprint density at radius 1 is 1.62 bits per heavy atom. The lowest BCUT2D eigenvalue weighted by Crippen LogP contribution is -1.72. The lowest BCUT2D eigenvalue weighted by Gasteiger charge is -1.93. The van der Waals surface area contributed by atoms with E-state index in [4.69, 9.17) is 1.28 Å². The topological polar surface area (TPSA) is 0 Å². The van der Waals surface area contributed by atoms with Crippen molar-refractivity contribution in [2.75, 3.05) is 6.16 Å². The van der Waals surface area contributed by atoms with Crippen molar-refractivity contribution in [3.8, 4) is 0 Å². The Bertz CT molecular complexity index is 60.9. The van der Waals surface area contributed by atoms with Crippen LogP contribution in [-0.2, 0) is 0 Å². The zero-order valence-corrected chi connectivity index (χ0v) is 9.21. The first kappa shape index (κ1) is 7.69. The van der Waals surface area contributed by atoms with Gasteiger partial charge in [-0.3, -0.25) is 0 Å². The highest BCUT2D eigenvalue weighted by atomic mass is 127. The molecule has 0 aliphatic heterocycles. The number of hydrogen-bond donors (Lipinski definition) is 0. The van der Waals surface area contributed by atoms with Crippen LogP contribution in [0, 0.1) is 0 Å². The molecule has 0 radical (unpaired) electrons. The summed E-state index contributed by atoms with van der Waals surface area (Å²) in [5.41, 5.74) is 0. The number of unbranched alkanes of at least 4 members (excludes halogenated alkanes) is 2. The van der Waals surface area contributed by atoms with Gasteiger partial charge >= 0.3 is 0 Å². The molecule has 0 saturated carbocycles. The molecule has 0 spiro atoms. The summed E-state index contributed by atoms with van der Waals surface area (Å²) in [6.45, 7) is 2.22. The predicted molar refractivity (Wildman–Crippen MR) is 55.0 cm³/mol. The standard InChI is InChI=1S/C5H13IP2/c1-2-3-4-5-7-8-6/h7-8H,2-5H2,1H3/i8T. The van der Waals surface area contributed by atoms with Crippen molar-refractivity contribution in [2.45, 2.75) is 26.2 Å². The molecule has 0 aliphatic carbocycles. The van der Waals surface area contributed by atoms with Crippen molar-refractivity contribution in [3.63, 3.8) is 0 Å². The molecule has 0 fully saturated rings. The summed E-state index contributed by atoms with van der Waals surface area (Å²) < 4.78 is 7.28. The van der Waals surface area contributed by atoms with Crippen LogP contribution < -0.4 is 0 Å². The minimum Gasteiger partial charge on any atom is -0.0888 e. The van der Waals surface area contributed by atoms with Gasteiger partial charge in [0.05, 0.1) is 1.28 Å². The first-order valence-electron chi connectivity index (χ1n) is 3.40. The van der Waals surface area contributed by atoms with Gasteiger partial charge in [0.25, 0.3) is 0 Å². The van der Waals surface area contributed by atoms with Crippen LogP contribution in [-0.4, -0.2) is 7.44 Å². The van der Waals surface area contributed by atoms with Gasteiger partial charge in [0.1, 0.15) is 0 Å². The van der Waals surface area contributed by atoms with E-state index < -0.39 is 0 Å². The van der Waals surface area contributed by atoms with Crippen LogP contribution >= 0.6 is 36.2 Å². The Morgan fingerprint density at radius 3 is 2.88 bits per heavy atom. The second-order valence-electron chi connectivity index (χ2n) is 1.70. The van der Waals surface area contributed by atoms with Crippen LogP contribution in [0.4, 0.5) is 0 Å². The van der Waals surface area contributed by atoms with Crippen molar-refractivity contribution in [1.29, 1.82) is 1.28 Å². The van der Waals surface area contributed by atoms with Gasteiger partial charge in [-0.25, -0.2) is 0 Å². The van der Waals surface area contributed by atoms with Gasteiger partial charge in [-0.1, -0.05) is 50.1 Å². The zero-order valence-electron chi connectivity index (χ0n) is 6.15. The average molecular weight is 264 g/mol. The molecule has 0 aliphatic rings. The summed E-state index contributed by atoms with van der Waals surface area (Å²) >= 11 is 2.24. The van der Waals surface area contributed by atoms with Crippen molar-refractivity contribution < 1.29 is 0 Å². The van der Waals surface area contributed by atoms with Gasteiger partial charge in [0, 0.05) is 0 Å². The second-order valence-corrected chi connectivity index (χ2v) is 8.48. The van der Waals surface area contributed by atoms with Crippen molar-refractivity contribution >= 4 is 36.2 Å². The van der Waals surface area contributed by atoms with Crippen molar-refractivity contribution in [3.05, 3.63) is 0 Å². The number of hydrogen-bond acceptors (Lipinski definition) is 0. The van der Waals surface area contributed by atoms with Gasteiger partial charge in [0.2, 0.25) is 0 Å². The highest BCUT2D eigenvalue weighted by Crippen LogP contribution is 2.43. The summed E-state index contributed by atoms with van der Waals surface area (Å²) in [6, 6.07) is 0. The molecular weight excluding hydrogens is 249 g/mol. The maximum atomic E-state index is 7.28. The van der Waals surface area contributed by atoms with Crippen LogP contribution in [0.25, 0.3) is 0 Å². The van der Waals surface area contributed by atoms with E-state index >= 15 is 0 Å². The first-order chi connectivity index (χ1) is 4.27. The molecule has 50 valence electrons. The van der Waals surface area contributed by atoms with E-state index in [0.29, 0.717) is 0 Å². The van der Waals surface area contributed by atoms with Gasteiger partial charge in [-0.2, -0.15) is 0 Å². The smallest absolute Gasteiger partial charge is 0.0736 e. The Kier molecular flexibility index (Phi) is 8.26. The number of halogens is 1. The Hall–Kier alpha value is 1.59. The molecule has 0 nitrogen and oxygen atoms in total. The van der Waals surface area contributed by atoms with Crippen LogP contribution in [0.15, 0.2) is 0 Å². The molecule has 0 aromatic carbocycles. The Labute approximate surface area is 69.8 Å². The highest BCUT2D eigenvalue weighted by Gasteiger charge is 1.83. The third kappa shape index (κ3) is 7.59. The molecule has 0 heterocycles. The normalized spacial score (nSPS) is 17.0. The summed E-state index contributed by atoms with van der Waals surface area (Å²) in [5, 5.41) is 0. The van der Waals surface area contributed by atoms with Crippen LogP contribution in [0.3, 0.4) is 0 Å². The molecular formula is C5H13IP2. The van der Waals surface area contributed by atoms with E-state index in [1.807, 2.05) is 0 Å². The molecule has 0 bridgehead atoms. The van der Waals surface area contributed by atoms with Crippen LogP contribution in [0.2, 0.25) is 0 Å². The minimum atomic E-state index is -0.369. The van der Waals surface area contributed by atoms with E-state index in [9.17, 15) is 0 Å². The molecule has 2 unspecified atom stereocenters. The van der Waals surface area contributed by atoms with Gasteiger partial charge in [0.15, 0.2) is 0 Å². The molecule has 0 rings (SSSR count). The fourth-order valence-corrected chi connectivity index (χ4v) is 3.89. The van der Waals surface area contributed by atoms with E-state index in [0.717, 1.165) is 8.27 Å². The first-order valence-corrected chi connectivity index (χ1v) is 8.68. The largest absolute Gasteiger partial charge is 0.0888 e. The highest BCUT2D eigenvalue weighted by molar-refractivity contribution is 14.2. The zero-order chi connectivity index (χ0) is 7.11. The molecule has 3 heteroatoms. The summed E-state index contributed by atoms with van der Waals surface area (Å²) in [4.78, 5) is 0. The lowest BCUT2D eigenvalue weighted by atomic mass is 10.3. The van der Waals surface area contributed by atoms with E-state index in [2.05, 4.69) is 29.0 Å². The van der Waals surface area contributed by atoms with Crippen molar-refractivity contribution in [1.82, 2.24) is 0 Å². The Balaban J connectivity index is 2.75. The van der Waals surface area contributed by atoms with Gasteiger partial charge in [-0.05, 0) is 18.4 Å². The maximum absolute atomic E-state index is 7.28. The Morgan fingerprint density at radius 2 is 2.38 bits per heavy atom. The fourth-order valence-electron chi connectivity index (χ4n) is 0.496. The molecule has 0 aromatic rings. The SMILES string of the molecule is [3H]P(I)PCCCCC. The van der Waals surface area contributed by atoms with Crippen LogP contribution in [0.5, 0.6) is 0 Å². The monoisotopic (exact) mass is 264 g/mol. The van der Waals surface area contributed by atoms with Gasteiger partial charge in [-0.15, -0.1) is 0 Å². The maximum Gasteiger partial charge on any atom is 0.0736 e. The molecule has 0 saturated heterocycles. The van der Waals surface area contributed by atoms with Crippen LogP contribution in [0.1, 0.15) is 26.2 Å². The molecule has 2 atom stereocenters. The minimum absolute atomic E-state index is 0.369. The molecule has 0 N–H and O–H groups in total. The predicted octanol–water partition coefficient (Wildman–Crippen LogP) is 3.80. The van der Waals surface area contributed by atoms with Gasteiger partial charge < -0.3 is 0 Å². The lowest BCUT2D eigenvalue weighted by molar-refractivity contribution is 0.778. The third-order valence-corrected chi connectivity index (χ3v) is 5.75. The average Bonchev–Trinajstić information content (AvgIpc) is 1.80. The quantitative estimate of drug-likeness (QED) is 0.402. The van der Waals surface area contributed by atoms with E-state index in [1.54, 1.807) is 0 Å². The summed E-state index contributed by atoms with van der Waals surface area (Å²) in [5.74, 6) is -0.369. The molecule has 0 amide bonds. The van der Waals surface area contributed by atoms with E-state index in [1.165, 1.54) is 25.4 Å². The number of rotatable bonds is 5.